The van der Waals surface area contributed by atoms with Gasteiger partial charge >= 0.3 is 0 Å². The van der Waals surface area contributed by atoms with E-state index < -0.39 is 0 Å². The molecule has 1 aromatic rings. The van der Waals surface area contributed by atoms with E-state index in [4.69, 9.17) is 16.3 Å². The average molecular weight is 327 g/mol. The summed E-state index contributed by atoms with van der Waals surface area (Å²) in [4.78, 5) is 14.5. The predicted octanol–water partition coefficient (Wildman–Crippen LogP) is 2.89. The van der Waals surface area contributed by atoms with E-state index in [9.17, 15) is 4.79 Å². The second-order valence-electron chi connectivity index (χ2n) is 3.08. The second kappa shape index (κ2) is 7.27. The minimum atomic E-state index is 0.00778. The van der Waals surface area contributed by atoms with Crippen molar-refractivity contribution >= 4 is 44.8 Å². The smallest absolute Gasteiger partial charge is 0.264 e. The van der Waals surface area contributed by atoms with Crippen molar-refractivity contribution in [1.82, 2.24) is 4.90 Å². The number of halogens is 2. The first kappa shape index (κ1) is 14.0. The second-order valence-corrected chi connectivity index (χ2v) is 5.59. The Kier molecular flexibility index (Phi) is 6.34. The number of hydrogen-bond acceptors (Lipinski definition) is 3. The number of carbonyl (C=O) groups is 1. The van der Waals surface area contributed by atoms with E-state index in [1.807, 2.05) is 0 Å². The molecule has 0 atom stereocenters. The Morgan fingerprint density at radius 2 is 2.31 bits per heavy atom. The molecule has 3 nitrogen and oxygen atoms in total. The molecular formula is C10H13BrClNO2S. The van der Waals surface area contributed by atoms with Gasteiger partial charge in [-0.3, -0.25) is 4.79 Å². The van der Waals surface area contributed by atoms with Gasteiger partial charge in [0.25, 0.3) is 5.91 Å². The number of thiophene rings is 1. The summed E-state index contributed by atoms with van der Waals surface area (Å²) < 4.78 is 5.61. The Balaban J connectivity index is 2.66. The molecule has 90 valence electrons. The van der Waals surface area contributed by atoms with Gasteiger partial charge in [0, 0.05) is 25.5 Å². The van der Waals surface area contributed by atoms with Crippen LogP contribution < -0.4 is 0 Å². The van der Waals surface area contributed by atoms with Gasteiger partial charge in [-0.15, -0.1) is 11.3 Å². The summed E-state index contributed by atoms with van der Waals surface area (Å²) in [6.45, 7) is 1.80. The monoisotopic (exact) mass is 325 g/mol. The molecule has 0 aromatic carbocycles. The van der Waals surface area contributed by atoms with Crippen LogP contribution in [0.1, 0.15) is 9.67 Å². The summed E-state index contributed by atoms with van der Waals surface area (Å²) >= 11 is 10.4. The molecule has 0 aliphatic heterocycles. The Morgan fingerprint density at radius 1 is 1.56 bits per heavy atom. The molecule has 1 amide bonds. The Bertz CT molecular complexity index is 345. The minimum Gasteiger partial charge on any atom is -0.383 e. The third kappa shape index (κ3) is 4.05. The summed E-state index contributed by atoms with van der Waals surface area (Å²) in [7, 11) is 1.62. The number of amides is 1. The maximum atomic E-state index is 12.1. The third-order valence-electron chi connectivity index (χ3n) is 1.99. The molecule has 1 aromatic heterocycles. The van der Waals surface area contributed by atoms with Crippen LogP contribution in [-0.2, 0) is 4.74 Å². The van der Waals surface area contributed by atoms with Crippen molar-refractivity contribution in [1.29, 1.82) is 0 Å². The Hall–Kier alpha value is -0.100. The lowest BCUT2D eigenvalue weighted by Gasteiger charge is -2.20. The number of hydrogen-bond donors (Lipinski definition) is 0. The van der Waals surface area contributed by atoms with Crippen LogP contribution in [0.25, 0.3) is 0 Å². The molecule has 0 saturated carbocycles. The van der Waals surface area contributed by atoms with Crippen molar-refractivity contribution in [3.63, 3.8) is 0 Å². The van der Waals surface area contributed by atoms with Crippen molar-refractivity contribution in [3.05, 3.63) is 21.3 Å². The van der Waals surface area contributed by atoms with Crippen molar-refractivity contribution in [2.45, 2.75) is 0 Å². The molecular weight excluding hydrogens is 314 g/mol. The summed E-state index contributed by atoms with van der Waals surface area (Å²) in [5.74, 6) is 0.00778. The molecule has 0 N–H and O–H groups in total. The van der Waals surface area contributed by atoms with Crippen LogP contribution in [0.5, 0.6) is 0 Å². The van der Waals surface area contributed by atoms with Gasteiger partial charge in [-0.1, -0.05) is 27.5 Å². The maximum Gasteiger partial charge on any atom is 0.264 e. The van der Waals surface area contributed by atoms with E-state index in [1.165, 1.54) is 11.3 Å². The largest absolute Gasteiger partial charge is 0.383 e. The van der Waals surface area contributed by atoms with E-state index in [0.717, 1.165) is 5.33 Å². The van der Waals surface area contributed by atoms with Gasteiger partial charge in [-0.25, -0.2) is 0 Å². The molecule has 0 aliphatic carbocycles. The Labute approximate surface area is 112 Å². The van der Waals surface area contributed by atoms with Gasteiger partial charge in [-0.05, 0) is 12.1 Å². The van der Waals surface area contributed by atoms with Gasteiger partial charge in [0.05, 0.1) is 15.8 Å². The zero-order valence-corrected chi connectivity index (χ0v) is 12.1. The molecule has 0 unspecified atom stereocenters. The van der Waals surface area contributed by atoms with Crippen molar-refractivity contribution in [3.8, 4) is 0 Å². The molecule has 16 heavy (non-hydrogen) atoms. The molecule has 0 spiro atoms. The lowest BCUT2D eigenvalue weighted by Crippen LogP contribution is -2.34. The fourth-order valence-electron chi connectivity index (χ4n) is 1.20. The van der Waals surface area contributed by atoms with Crippen LogP contribution >= 0.6 is 38.9 Å². The number of carbonyl (C=O) groups excluding carboxylic acids is 1. The molecule has 0 fully saturated rings. The zero-order valence-electron chi connectivity index (χ0n) is 8.91. The molecule has 0 radical (unpaired) electrons. The number of ether oxygens (including phenoxy) is 1. The van der Waals surface area contributed by atoms with Gasteiger partial charge in [0.1, 0.15) is 0 Å². The maximum absolute atomic E-state index is 12.1. The summed E-state index contributed by atoms with van der Waals surface area (Å²) in [5, 5.41) is 0.752. The average Bonchev–Trinajstić information content (AvgIpc) is 2.70. The fraction of sp³-hybridized carbons (Fsp3) is 0.500. The summed E-state index contributed by atoms with van der Waals surface area (Å²) in [6.07, 6.45) is 0. The van der Waals surface area contributed by atoms with Crippen LogP contribution in [0.4, 0.5) is 0 Å². The normalized spacial score (nSPS) is 10.4. The number of methoxy groups -OCH3 is 1. The van der Waals surface area contributed by atoms with Gasteiger partial charge < -0.3 is 9.64 Å². The molecule has 1 rings (SSSR count). The van der Waals surface area contributed by atoms with Crippen LogP contribution in [0.15, 0.2) is 12.1 Å². The van der Waals surface area contributed by atoms with Gasteiger partial charge in [0.15, 0.2) is 0 Å². The van der Waals surface area contributed by atoms with E-state index in [1.54, 1.807) is 24.1 Å². The number of nitrogens with zero attached hydrogens (tertiary/aromatic N) is 1. The van der Waals surface area contributed by atoms with E-state index in [2.05, 4.69) is 15.9 Å². The lowest BCUT2D eigenvalue weighted by atomic mass is 10.4. The molecule has 0 bridgehead atoms. The van der Waals surface area contributed by atoms with Crippen LogP contribution in [0.2, 0.25) is 4.34 Å². The number of rotatable bonds is 6. The first-order valence-electron chi connectivity index (χ1n) is 4.78. The van der Waals surface area contributed by atoms with E-state index in [-0.39, 0.29) is 5.91 Å². The van der Waals surface area contributed by atoms with E-state index in [0.29, 0.717) is 28.9 Å². The van der Waals surface area contributed by atoms with Crippen molar-refractivity contribution < 1.29 is 9.53 Å². The highest BCUT2D eigenvalue weighted by atomic mass is 79.9. The van der Waals surface area contributed by atoms with Crippen molar-refractivity contribution in [2.24, 2.45) is 0 Å². The first-order chi connectivity index (χ1) is 7.69. The molecule has 0 saturated heterocycles. The lowest BCUT2D eigenvalue weighted by molar-refractivity contribution is 0.0713. The quantitative estimate of drug-likeness (QED) is 0.752. The zero-order chi connectivity index (χ0) is 12.0. The van der Waals surface area contributed by atoms with Crippen LogP contribution in [0, 0.1) is 0 Å². The topological polar surface area (TPSA) is 29.5 Å². The summed E-state index contributed by atoms with van der Waals surface area (Å²) in [5.41, 5.74) is 0. The van der Waals surface area contributed by atoms with Crippen molar-refractivity contribution in [2.75, 3.05) is 32.1 Å². The minimum absolute atomic E-state index is 0.00778. The highest BCUT2D eigenvalue weighted by molar-refractivity contribution is 9.09. The summed E-state index contributed by atoms with van der Waals surface area (Å²) in [6, 6.07) is 3.49. The van der Waals surface area contributed by atoms with Gasteiger partial charge in [-0.2, -0.15) is 0 Å². The van der Waals surface area contributed by atoms with Gasteiger partial charge in [0.2, 0.25) is 0 Å². The first-order valence-corrected chi connectivity index (χ1v) is 7.10. The fourth-order valence-corrected chi connectivity index (χ4v) is 2.64. The molecule has 6 heteroatoms. The standard InChI is InChI=1S/C10H13BrClNO2S/c1-15-7-6-13(5-4-11)10(14)8-2-3-9(12)16-8/h2-3H,4-7H2,1H3. The van der Waals surface area contributed by atoms with Crippen LogP contribution in [0.3, 0.4) is 0 Å². The SMILES string of the molecule is COCCN(CCBr)C(=O)c1ccc(Cl)s1. The molecule has 1 heterocycles. The third-order valence-corrected chi connectivity index (χ3v) is 3.56. The Morgan fingerprint density at radius 3 is 2.81 bits per heavy atom. The number of alkyl halides is 1. The highest BCUT2D eigenvalue weighted by Crippen LogP contribution is 2.22. The molecule has 0 aliphatic rings. The van der Waals surface area contributed by atoms with Crippen LogP contribution in [-0.4, -0.2) is 42.9 Å². The van der Waals surface area contributed by atoms with E-state index >= 15 is 0 Å². The highest BCUT2D eigenvalue weighted by Gasteiger charge is 2.16. The predicted molar refractivity (Wildman–Crippen MR) is 70.9 cm³/mol.